The normalized spacial score (nSPS) is 18.3. The third-order valence-electron chi connectivity index (χ3n) is 4.98. The summed E-state index contributed by atoms with van der Waals surface area (Å²) in [4.78, 5) is 28.1. The highest BCUT2D eigenvalue weighted by Crippen LogP contribution is 2.43. The number of hydrogen-bond donors (Lipinski definition) is 1. The van der Waals surface area contributed by atoms with Gasteiger partial charge in [-0.1, -0.05) is 42.1 Å². The van der Waals surface area contributed by atoms with E-state index in [1.807, 2.05) is 18.2 Å². The van der Waals surface area contributed by atoms with Crippen LogP contribution in [-0.2, 0) is 0 Å². The minimum atomic E-state index is -0.398. The first-order valence-corrected chi connectivity index (χ1v) is 11.0. The molecule has 0 aliphatic carbocycles. The summed E-state index contributed by atoms with van der Waals surface area (Å²) in [6.45, 7) is 0. The Bertz CT molecular complexity index is 1290. The van der Waals surface area contributed by atoms with Gasteiger partial charge in [0.1, 0.15) is 11.0 Å². The van der Waals surface area contributed by atoms with Crippen molar-refractivity contribution in [1.82, 2.24) is 19.7 Å². The SMILES string of the molecule is O=c1nc2n(c3[nH]ncc13)C(c1ccccc1)C(Sc1ccc([N+](=O)[O-])cc1)CS2. The van der Waals surface area contributed by atoms with Crippen LogP contribution in [-0.4, -0.2) is 35.7 Å². The molecule has 0 radical (unpaired) electrons. The van der Waals surface area contributed by atoms with Gasteiger partial charge in [0.25, 0.3) is 11.2 Å². The summed E-state index contributed by atoms with van der Waals surface area (Å²) in [5.74, 6) is 0.743. The second kappa shape index (κ2) is 7.62. The van der Waals surface area contributed by atoms with E-state index in [0.717, 1.165) is 16.2 Å². The van der Waals surface area contributed by atoms with Crippen LogP contribution in [0.5, 0.6) is 0 Å². The molecule has 1 aliphatic heterocycles. The molecule has 8 nitrogen and oxygen atoms in total. The van der Waals surface area contributed by atoms with Crippen LogP contribution in [0, 0.1) is 10.1 Å². The van der Waals surface area contributed by atoms with E-state index in [-0.39, 0.29) is 22.5 Å². The second-order valence-corrected chi connectivity index (χ2v) is 9.08. The minimum Gasteiger partial charge on any atom is -0.296 e. The molecule has 4 aromatic rings. The van der Waals surface area contributed by atoms with Crippen LogP contribution < -0.4 is 5.56 Å². The van der Waals surface area contributed by atoms with Crippen molar-refractivity contribution in [3.8, 4) is 0 Å². The van der Waals surface area contributed by atoms with Crippen LogP contribution in [0.4, 0.5) is 5.69 Å². The molecule has 0 fully saturated rings. The number of thioether (sulfide) groups is 2. The number of H-pyrrole nitrogens is 1. The summed E-state index contributed by atoms with van der Waals surface area (Å²) in [6, 6.07) is 16.6. The lowest BCUT2D eigenvalue weighted by atomic mass is 10.0. The van der Waals surface area contributed by atoms with Crippen LogP contribution in [0.2, 0.25) is 0 Å². The number of fused-ring (bicyclic) bond motifs is 3. The van der Waals surface area contributed by atoms with Crippen molar-refractivity contribution in [3.63, 3.8) is 0 Å². The van der Waals surface area contributed by atoms with E-state index in [1.54, 1.807) is 23.9 Å². The van der Waals surface area contributed by atoms with E-state index in [2.05, 4.69) is 31.9 Å². The van der Waals surface area contributed by atoms with Crippen molar-refractivity contribution in [1.29, 1.82) is 0 Å². The van der Waals surface area contributed by atoms with Crippen LogP contribution in [0.15, 0.2) is 75.6 Å². The Kier molecular flexibility index (Phi) is 4.80. The van der Waals surface area contributed by atoms with E-state index >= 15 is 0 Å². The number of aromatic nitrogens is 4. The quantitative estimate of drug-likeness (QED) is 0.293. The molecule has 3 heterocycles. The van der Waals surface area contributed by atoms with Crippen molar-refractivity contribution in [2.75, 3.05) is 5.75 Å². The highest BCUT2D eigenvalue weighted by molar-refractivity contribution is 8.03. The molecule has 0 bridgehead atoms. The fraction of sp³-hybridized carbons (Fsp3) is 0.150. The first kappa shape index (κ1) is 18.9. The van der Waals surface area contributed by atoms with Crippen LogP contribution in [0.25, 0.3) is 11.0 Å². The summed E-state index contributed by atoms with van der Waals surface area (Å²) in [7, 11) is 0. The molecule has 30 heavy (non-hydrogen) atoms. The zero-order chi connectivity index (χ0) is 20.7. The van der Waals surface area contributed by atoms with Gasteiger partial charge >= 0.3 is 0 Å². The van der Waals surface area contributed by atoms with E-state index in [0.29, 0.717) is 16.2 Å². The van der Waals surface area contributed by atoms with Crippen molar-refractivity contribution in [3.05, 3.63) is 86.8 Å². The zero-order valence-electron chi connectivity index (χ0n) is 15.5. The maximum Gasteiger partial charge on any atom is 0.284 e. The monoisotopic (exact) mass is 437 g/mol. The molecular formula is C20H15N5O3S2. The lowest BCUT2D eigenvalue weighted by molar-refractivity contribution is -0.384. The molecule has 1 aliphatic rings. The van der Waals surface area contributed by atoms with Crippen molar-refractivity contribution in [2.24, 2.45) is 0 Å². The van der Waals surface area contributed by atoms with Crippen molar-refractivity contribution >= 4 is 40.2 Å². The molecule has 2 aromatic heterocycles. The van der Waals surface area contributed by atoms with Crippen molar-refractivity contribution < 1.29 is 4.92 Å². The molecule has 0 saturated carbocycles. The van der Waals surface area contributed by atoms with Gasteiger partial charge in [0.05, 0.1) is 17.2 Å². The number of aromatic amines is 1. The van der Waals surface area contributed by atoms with Gasteiger partial charge in [0, 0.05) is 28.0 Å². The van der Waals surface area contributed by atoms with Gasteiger partial charge in [-0.3, -0.25) is 24.6 Å². The predicted molar refractivity (Wildman–Crippen MR) is 116 cm³/mol. The molecule has 0 amide bonds. The molecule has 5 rings (SSSR count). The van der Waals surface area contributed by atoms with Gasteiger partial charge in [-0.05, 0) is 17.7 Å². The lowest BCUT2D eigenvalue weighted by Gasteiger charge is -2.34. The number of nitro benzene ring substituents is 1. The molecule has 2 unspecified atom stereocenters. The summed E-state index contributed by atoms with van der Waals surface area (Å²) >= 11 is 3.19. The first-order chi connectivity index (χ1) is 14.6. The van der Waals surface area contributed by atoms with Gasteiger partial charge in [0.2, 0.25) is 0 Å². The first-order valence-electron chi connectivity index (χ1n) is 9.16. The fourth-order valence-corrected chi connectivity index (χ4v) is 6.14. The highest BCUT2D eigenvalue weighted by Gasteiger charge is 2.34. The summed E-state index contributed by atoms with van der Waals surface area (Å²) in [5.41, 5.74) is 1.54. The largest absolute Gasteiger partial charge is 0.296 e. The number of nitrogens with one attached hydrogen (secondary N) is 1. The number of hydrogen-bond acceptors (Lipinski definition) is 7. The standard InChI is InChI=1S/C20H15N5O3S2/c26-19-15-10-21-23-18(15)24-17(12-4-2-1-3-5-12)16(11-29-20(24)22-19)30-14-8-6-13(7-9-14)25(27)28/h1-10,16-17H,11H2,(H,21,23). The number of rotatable bonds is 4. The molecule has 2 atom stereocenters. The number of non-ortho nitro benzene ring substituents is 1. The van der Waals surface area contributed by atoms with E-state index < -0.39 is 4.92 Å². The Balaban J connectivity index is 1.61. The average molecular weight is 438 g/mol. The van der Waals surface area contributed by atoms with E-state index in [4.69, 9.17) is 0 Å². The highest BCUT2D eigenvalue weighted by atomic mass is 32.2. The summed E-state index contributed by atoms with van der Waals surface area (Å²) < 4.78 is 2.05. The minimum absolute atomic E-state index is 0.0723. The predicted octanol–water partition coefficient (Wildman–Crippen LogP) is 3.88. The maximum absolute atomic E-state index is 12.4. The van der Waals surface area contributed by atoms with Gasteiger partial charge in [-0.25, -0.2) is 0 Å². The lowest BCUT2D eigenvalue weighted by Crippen LogP contribution is -2.33. The fourth-order valence-electron chi connectivity index (χ4n) is 3.62. The Morgan fingerprint density at radius 3 is 2.67 bits per heavy atom. The third-order valence-corrected chi connectivity index (χ3v) is 7.53. The average Bonchev–Trinajstić information content (AvgIpc) is 3.26. The molecular weight excluding hydrogens is 422 g/mol. The van der Waals surface area contributed by atoms with E-state index in [9.17, 15) is 14.9 Å². The van der Waals surface area contributed by atoms with Crippen LogP contribution in [0.1, 0.15) is 11.6 Å². The smallest absolute Gasteiger partial charge is 0.284 e. The Morgan fingerprint density at radius 2 is 1.93 bits per heavy atom. The van der Waals surface area contributed by atoms with E-state index in [1.165, 1.54) is 30.1 Å². The molecule has 150 valence electrons. The number of nitro groups is 1. The Labute approximate surface area is 178 Å². The zero-order valence-corrected chi connectivity index (χ0v) is 17.1. The third kappa shape index (κ3) is 3.27. The van der Waals surface area contributed by atoms with Crippen LogP contribution >= 0.6 is 23.5 Å². The van der Waals surface area contributed by atoms with Gasteiger partial charge in [0.15, 0.2) is 5.16 Å². The molecule has 0 spiro atoms. The number of benzene rings is 2. The molecule has 10 heteroatoms. The second-order valence-electron chi connectivity index (χ2n) is 6.78. The molecule has 2 aromatic carbocycles. The van der Waals surface area contributed by atoms with Crippen molar-refractivity contribution in [2.45, 2.75) is 21.3 Å². The van der Waals surface area contributed by atoms with Gasteiger partial charge in [-0.15, -0.1) is 11.8 Å². The molecule has 0 saturated heterocycles. The van der Waals surface area contributed by atoms with Gasteiger partial charge < -0.3 is 0 Å². The van der Waals surface area contributed by atoms with Crippen LogP contribution in [0.3, 0.4) is 0 Å². The topological polar surface area (TPSA) is 107 Å². The Hall–Kier alpha value is -3.11. The van der Waals surface area contributed by atoms with Gasteiger partial charge in [-0.2, -0.15) is 10.1 Å². The Morgan fingerprint density at radius 1 is 1.17 bits per heavy atom. The molecule has 1 N–H and O–H groups in total. The maximum atomic E-state index is 12.4. The number of nitrogens with zero attached hydrogens (tertiary/aromatic N) is 4. The summed E-state index contributed by atoms with van der Waals surface area (Å²) in [5, 5.41) is 19.2. The summed E-state index contributed by atoms with van der Waals surface area (Å²) in [6.07, 6.45) is 1.51.